The first-order valence-electron chi connectivity index (χ1n) is 5.68. The first-order chi connectivity index (χ1) is 7.77. The molecule has 0 spiro atoms. The van der Waals surface area contributed by atoms with E-state index >= 15 is 0 Å². The van der Waals surface area contributed by atoms with Crippen LogP contribution in [0.5, 0.6) is 0 Å². The van der Waals surface area contributed by atoms with Crippen molar-refractivity contribution in [2.24, 2.45) is 0 Å². The number of hydrogen-bond acceptors (Lipinski definition) is 3. The Balaban J connectivity index is 0.000000606. The van der Waals surface area contributed by atoms with Crippen molar-refractivity contribution >= 4 is 33.2 Å². The number of piperidine rings is 1. The number of likely N-dealkylation sites (tertiary alicyclic amines) is 1. The minimum atomic E-state index is 0.132. The van der Waals surface area contributed by atoms with E-state index in [9.17, 15) is 4.79 Å². The SMILES string of the molecule is CC.O=C(c1cnc(Br)s1)N1CCCCC1. The van der Waals surface area contributed by atoms with Crippen molar-refractivity contribution in [1.82, 2.24) is 9.88 Å². The van der Waals surface area contributed by atoms with Gasteiger partial charge in [-0.1, -0.05) is 13.8 Å². The molecular weight excluding hydrogens is 288 g/mol. The molecule has 0 bridgehead atoms. The third-order valence-corrected chi connectivity index (χ3v) is 3.80. The minimum absolute atomic E-state index is 0.132. The van der Waals surface area contributed by atoms with E-state index in [4.69, 9.17) is 0 Å². The van der Waals surface area contributed by atoms with Crippen LogP contribution in [0.4, 0.5) is 0 Å². The van der Waals surface area contributed by atoms with E-state index in [2.05, 4.69) is 20.9 Å². The van der Waals surface area contributed by atoms with Gasteiger partial charge in [0.15, 0.2) is 3.92 Å². The molecule has 1 aliphatic heterocycles. The lowest BCUT2D eigenvalue weighted by molar-refractivity contribution is 0.0729. The normalized spacial score (nSPS) is 15.3. The van der Waals surface area contributed by atoms with E-state index in [0.29, 0.717) is 0 Å². The van der Waals surface area contributed by atoms with Gasteiger partial charge in [-0.05, 0) is 35.2 Å². The van der Waals surface area contributed by atoms with Gasteiger partial charge in [0.1, 0.15) is 4.88 Å². The fourth-order valence-electron chi connectivity index (χ4n) is 1.60. The van der Waals surface area contributed by atoms with Gasteiger partial charge in [0.05, 0.1) is 6.20 Å². The van der Waals surface area contributed by atoms with E-state index in [1.165, 1.54) is 17.8 Å². The highest BCUT2D eigenvalue weighted by molar-refractivity contribution is 9.11. The standard InChI is InChI=1S/C9H11BrN2OS.C2H6/c10-9-11-6-7(14-9)8(13)12-4-2-1-3-5-12;1-2/h6H,1-5H2;1-2H3. The maximum atomic E-state index is 11.9. The van der Waals surface area contributed by atoms with Crippen molar-refractivity contribution in [3.05, 3.63) is 15.0 Å². The van der Waals surface area contributed by atoms with Crippen LogP contribution < -0.4 is 0 Å². The second-order valence-corrected chi connectivity index (χ2v) is 5.64. The summed E-state index contributed by atoms with van der Waals surface area (Å²) in [6.45, 7) is 5.79. The fourth-order valence-corrected chi connectivity index (χ4v) is 2.84. The first-order valence-corrected chi connectivity index (χ1v) is 7.29. The molecule has 16 heavy (non-hydrogen) atoms. The van der Waals surface area contributed by atoms with Crippen LogP contribution in [0.2, 0.25) is 0 Å². The smallest absolute Gasteiger partial charge is 0.265 e. The molecule has 0 aromatic carbocycles. The number of rotatable bonds is 1. The molecule has 0 saturated carbocycles. The topological polar surface area (TPSA) is 33.2 Å². The molecule has 0 atom stereocenters. The number of thiazole rings is 1. The summed E-state index contributed by atoms with van der Waals surface area (Å²) in [5, 5.41) is 0. The van der Waals surface area contributed by atoms with Crippen molar-refractivity contribution in [2.75, 3.05) is 13.1 Å². The molecule has 1 amide bonds. The third-order valence-electron chi connectivity index (χ3n) is 2.33. The molecule has 1 fully saturated rings. The van der Waals surface area contributed by atoms with Gasteiger partial charge in [-0.3, -0.25) is 4.79 Å². The second kappa shape index (κ2) is 7.01. The lowest BCUT2D eigenvalue weighted by Crippen LogP contribution is -2.35. The van der Waals surface area contributed by atoms with Crippen LogP contribution >= 0.6 is 27.3 Å². The van der Waals surface area contributed by atoms with Crippen LogP contribution in [0.15, 0.2) is 10.1 Å². The molecule has 1 aromatic heterocycles. The van der Waals surface area contributed by atoms with Crippen LogP contribution in [0, 0.1) is 0 Å². The Morgan fingerprint density at radius 2 is 2.00 bits per heavy atom. The molecule has 0 aliphatic carbocycles. The van der Waals surface area contributed by atoms with Gasteiger partial charge in [-0.25, -0.2) is 4.98 Å². The van der Waals surface area contributed by atoms with Crippen molar-refractivity contribution in [2.45, 2.75) is 33.1 Å². The summed E-state index contributed by atoms with van der Waals surface area (Å²) in [5.41, 5.74) is 0. The van der Waals surface area contributed by atoms with E-state index in [1.807, 2.05) is 18.7 Å². The molecule has 90 valence electrons. The quantitative estimate of drug-likeness (QED) is 0.795. The van der Waals surface area contributed by atoms with E-state index in [1.54, 1.807) is 6.20 Å². The van der Waals surface area contributed by atoms with Gasteiger partial charge in [0.25, 0.3) is 5.91 Å². The number of nitrogens with zero attached hydrogens (tertiary/aromatic N) is 2. The molecule has 1 aromatic rings. The van der Waals surface area contributed by atoms with Gasteiger partial charge < -0.3 is 4.90 Å². The third kappa shape index (κ3) is 3.56. The average Bonchev–Trinajstić information content (AvgIpc) is 2.79. The number of halogens is 1. The highest BCUT2D eigenvalue weighted by atomic mass is 79.9. The zero-order chi connectivity index (χ0) is 12.0. The monoisotopic (exact) mass is 304 g/mol. The summed E-state index contributed by atoms with van der Waals surface area (Å²) in [5.74, 6) is 0.132. The second-order valence-electron chi connectivity index (χ2n) is 3.33. The average molecular weight is 305 g/mol. The maximum Gasteiger partial charge on any atom is 0.265 e. The number of aromatic nitrogens is 1. The Morgan fingerprint density at radius 3 is 2.50 bits per heavy atom. The number of carbonyl (C=O) groups is 1. The predicted molar refractivity (Wildman–Crippen MR) is 70.9 cm³/mol. The largest absolute Gasteiger partial charge is 0.338 e. The summed E-state index contributed by atoms with van der Waals surface area (Å²) < 4.78 is 0.776. The maximum absolute atomic E-state index is 11.9. The fraction of sp³-hybridized carbons (Fsp3) is 0.636. The molecule has 3 nitrogen and oxygen atoms in total. The molecule has 1 aliphatic rings. The van der Waals surface area contributed by atoms with Crippen LogP contribution in [-0.2, 0) is 0 Å². The number of hydrogen-bond donors (Lipinski definition) is 0. The molecule has 0 radical (unpaired) electrons. The van der Waals surface area contributed by atoms with Crippen LogP contribution in [0.3, 0.4) is 0 Å². The Kier molecular flexibility index (Phi) is 5.98. The highest BCUT2D eigenvalue weighted by Crippen LogP contribution is 2.21. The van der Waals surface area contributed by atoms with Gasteiger partial charge >= 0.3 is 0 Å². The van der Waals surface area contributed by atoms with Crippen LogP contribution in [0.25, 0.3) is 0 Å². The van der Waals surface area contributed by atoms with Gasteiger partial charge in [-0.2, -0.15) is 0 Å². The van der Waals surface area contributed by atoms with E-state index < -0.39 is 0 Å². The lowest BCUT2D eigenvalue weighted by Gasteiger charge is -2.25. The Labute approximate surface area is 109 Å². The van der Waals surface area contributed by atoms with Crippen LogP contribution in [0.1, 0.15) is 42.8 Å². The summed E-state index contributed by atoms with van der Waals surface area (Å²) in [7, 11) is 0. The van der Waals surface area contributed by atoms with Crippen molar-refractivity contribution in [1.29, 1.82) is 0 Å². The van der Waals surface area contributed by atoms with Crippen molar-refractivity contribution < 1.29 is 4.79 Å². The number of carbonyl (C=O) groups excluding carboxylic acids is 1. The molecule has 1 saturated heterocycles. The number of amides is 1. The van der Waals surface area contributed by atoms with E-state index in [0.717, 1.165) is 34.7 Å². The van der Waals surface area contributed by atoms with Crippen molar-refractivity contribution in [3.63, 3.8) is 0 Å². The molecule has 0 N–H and O–H groups in total. The zero-order valence-electron chi connectivity index (χ0n) is 9.70. The summed E-state index contributed by atoms with van der Waals surface area (Å²) in [4.78, 5) is 18.6. The lowest BCUT2D eigenvalue weighted by atomic mass is 10.1. The molecular formula is C11H17BrN2OS. The van der Waals surface area contributed by atoms with Crippen LogP contribution in [-0.4, -0.2) is 28.9 Å². The Bertz CT molecular complexity index is 334. The predicted octanol–water partition coefficient (Wildman–Crippen LogP) is 3.56. The molecule has 0 unspecified atom stereocenters. The summed E-state index contributed by atoms with van der Waals surface area (Å²) in [6.07, 6.45) is 5.15. The zero-order valence-corrected chi connectivity index (χ0v) is 12.1. The highest BCUT2D eigenvalue weighted by Gasteiger charge is 2.19. The molecule has 2 heterocycles. The van der Waals surface area contributed by atoms with Crippen molar-refractivity contribution in [3.8, 4) is 0 Å². The van der Waals surface area contributed by atoms with Gasteiger partial charge in [0, 0.05) is 13.1 Å². The first kappa shape index (κ1) is 13.6. The summed E-state index contributed by atoms with van der Waals surface area (Å²) >= 11 is 4.66. The van der Waals surface area contributed by atoms with E-state index in [-0.39, 0.29) is 5.91 Å². The van der Waals surface area contributed by atoms with Gasteiger partial charge in [-0.15, -0.1) is 11.3 Å². The molecule has 5 heteroatoms. The Morgan fingerprint density at radius 1 is 1.38 bits per heavy atom. The van der Waals surface area contributed by atoms with Gasteiger partial charge in [0.2, 0.25) is 0 Å². The molecule has 2 rings (SSSR count). The summed E-state index contributed by atoms with van der Waals surface area (Å²) in [6, 6.07) is 0. The Hall–Kier alpha value is -0.420. The minimum Gasteiger partial charge on any atom is -0.338 e.